The Morgan fingerprint density at radius 3 is 2.14 bits per heavy atom. The lowest BCUT2D eigenvalue weighted by Gasteiger charge is -2.56. The minimum Gasteiger partial charge on any atom is -0.466 e. The normalized spacial score (nSPS) is 26.5. The fourth-order valence-corrected chi connectivity index (χ4v) is 10.9. The monoisotopic (exact) mass is 704 g/mol. The predicted octanol–water partition coefficient (Wildman–Crippen LogP) is 3.81. The quantitative estimate of drug-likeness (QED) is 0.224. The minimum atomic E-state index is -4.37. The van der Waals surface area contributed by atoms with E-state index >= 15 is 0 Å². The smallest absolute Gasteiger partial charge is 0.336 e. The largest absolute Gasteiger partial charge is 0.466 e. The number of aromatic nitrogens is 1. The predicted molar refractivity (Wildman–Crippen MR) is 179 cm³/mol. The summed E-state index contributed by atoms with van der Waals surface area (Å²) in [5, 5.41) is 0.658. The molecule has 0 radical (unpaired) electrons. The van der Waals surface area contributed by atoms with Gasteiger partial charge in [0.2, 0.25) is 0 Å². The maximum Gasteiger partial charge on any atom is 0.336 e. The van der Waals surface area contributed by atoms with Gasteiger partial charge in [-0.05, 0) is 77.1 Å². The number of hydrogen-bond acceptors (Lipinski definition) is 11. The van der Waals surface area contributed by atoms with Crippen molar-refractivity contribution in [3.8, 4) is 0 Å². The maximum absolute atomic E-state index is 15.0. The van der Waals surface area contributed by atoms with Crippen LogP contribution in [0.4, 0.5) is 0 Å². The molecule has 2 fully saturated rings. The number of rotatable bonds is 10. The SMILES string of the molecule is CCOC(=O)C1=C(C(=O)OCC)[C@@]23c4c(c5ccccc5n4S(=O)(=O)c4ccc(C)cc4)CCN2[C@]2(C(=O)OCC)[C@@H](C(=O)OCC)C[C@@H]2[C@@H]13. The number of ether oxygens (including phenoxy) is 4. The summed E-state index contributed by atoms with van der Waals surface area (Å²) in [5.41, 5.74) is -1.27. The summed E-state index contributed by atoms with van der Waals surface area (Å²) >= 11 is 0. The van der Waals surface area contributed by atoms with E-state index in [1.54, 1.807) is 56.9 Å². The second-order valence-corrected chi connectivity index (χ2v) is 14.8. The van der Waals surface area contributed by atoms with E-state index in [4.69, 9.17) is 18.9 Å². The third kappa shape index (κ3) is 4.16. The average Bonchev–Trinajstić information content (AvgIpc) is 3.48. The van der Waals surface area contributed by atoms with E-state index in [-0.39, 0.29) is 67.5 Å². The summed E-state index contributed by atoms with van der Waals surface area (Å²) in [6.07, 6.45) is 0.412. The minimum absolute atomic E-state index is 0.00453. The van der Waals surface area contributed by atoms with Crippen LogP contribution in [0, 0.1) is 24.7 Å². The molecule has 4 aliphatic rings. The molecule has 50 heavy (non-hydrogen) atoms. The summed E-state index contributed by atoms with van der Waals surface area (Å²) in [6.45, 7) is 8.66. The standard InChI is InChI=1S/C37H40N2O10S/c1-6-46-32(40)26-20-25-29-28(33(41)47-7-2)30(34(42)48-8-3)37(29)31-24(18-19-38(37)36(25,26)35(43)49-9-4)23-12-10-11-13-27(23)39(31)50(44,45)22-16-14-21(5)15-17-22/h10-17,25-26,29H,6-9,18-20H2,1-5H3/t25-,26-,29+,36+,37+/m1/s1. The molecule has 2 aromatic carbocycles. The lowest BCUT2D eigenvalue weighted by atomic mass is 9.50. The van der Waals surface area contributed by atoms with Gasteiger partial charge in [-0.1, -0.05) is 35.9 Å². The van der Waals surface area contributed by atoms with Crippen LogP contribution >= 0.6 is 0 Å². The summed E-state index contributed by atoms with van der Waals surface area (Å²) in [6, 6.07) is 13.6. The van der Waals surface area contributed by atoms with Crippen molar-refractivity contribution in [2.75, 3.05) is 33.0 Å². The molecule has 12 nitrogen and oxygen atoms in total. The maximum atomic E-state index is 15.0. The van der Waals surface area contributed by atoms with Gasteiger partial charge in [-0.25, -0.2) is 22.0 Å². The van der Waals surface area contributed by atoms with Crippen LogP contribution in [0.5, 0.6) is 0 Å². The van der Waals surface area contributed by atoms with Crippen molar-refractivity contribution in [2.24, 2.45) is 17.8 Å². The number of hydrogen-bond donors (Lipinski definition) is 0. The third-order valence-electron chi connectivity index (χ3n) is 10.9. The van der Waals surface area contributed by atoms with Crippen molar-refractivity contribution in [3.63, 3.8) is 0 Å². The van der Waals surface area contributed by atoms with Gasteiger partial charge >= 0.3 is 23.9 Å². The molecule has 1 aromatic heterocycles. The Hall–Kier alpha value is -4.49. The molecule has 3 aromatic rings. The topological polar surface area (TPSA) is 148 Å². The number of carbonyl (C=O) groups excluding carboxylic acids is 4. The van der Waals surface area contributed by atoms with Gasteiger partial charge in [0.1, 0.15) is 11.1 Å². The van der Waals surface area contributed by atoms with Crippen molar-refractivity contribution in [3.05, 3.63) is 76.5 Å². The summed E-state index contributed by atoms with van der Waals surface area (Å²) < 4.78 is 53.6. The van der Waals surface area contributed by atoms with Crippen molar-refractivity contribution in [2.45, 2.75) is 63.4 Å². The first kappa shape index (κ1) is 34.0. The van der Waals surface area contributed by atoms with Gasteiger partial charge in [0, 0.05) is 17.8 Å². The van der Waals surface area contributed by atoms with Crippen LogP contribution in [0.1, 0.15) is 50.9 Å². The molecule has 13 heteroatoms. The van der Waals surface area contributed by atoms with Gasteiger partial charge in [0.25, 0.3) is 10.0 Å². The number of aryl methyl sites for hydroxylation is 1. The average molecular weight is 705 g/mol. The fourth-order valence-electron chi connectivity index (χ4n) is 9.26. The van der Waals surface area contributed by atoms with Crippen LogP contribution in [0.15, 0.2) is 64.6 Å². The number of fused-ring (bicyclic) bond motifs is 6. The highest BCUT2D eigenvalue weighted by Crippen LogP contribution is 2.76. The Morgan fingerprint density at radius 2 is 1.48 bits per heavy atom. The Bertz CT molecular complexity index is 2080. The summed E-state index contributed by atoms with van der Waals surface area (Å²) in [4.78, 5) is 58.2. The lowest BCUT2D eigenvalue weighted by Crippen LogP contribution is -2.72. The molecule has 0 unspecified atom stereocenters. The van der Waals surface area contributed by atoms with Crippen LogP contribution in [0.2, 0.25) is 0 Å². The number of esters is 4. The van der Waals surface area contributed by atoms with Crippen LogP contribution in [-0.2, 0) is 60.1 Å². The van der Waals surface area contributed by atoms with Gasteiger partial charge in [-0.3, -0.25) is 14.5 Å². The molecule has 5 atom stereocenters. The number of benzene rings is 2. The van der Waals surface area contributed by atoms with Crippen LogP contribution in [0.25, 0.3) is 10.9 Å². The van der Waals surface area contributed by atoms with E-state index in [1.165, 1.54) is 16.1 Å². The van der Waals surface area contributed by atoms with E-state index in [9.17, 15) is 27.6 Å². The van der Waals surface area contributed by atoms with E-state index in [0.29, 0.717) is 16.5 Å². The highest BCUT2D eigenvalue weighted by molar-refractivity contribution is 7.90. The zero-order valence-electron chi connectivity index (χ0n) is 28.7. The molecule has 1 spiro atoms. The van der Waals surface area contributed by atoms with E-state index < -0.39 is 62.7 Å². The Balaban J connectivity index is 1.62. The number of para-hydroxylation sites is 1. The van der Waals surface area contributed by atoms with E-state index in [2.05, 4.69) is 0 Å². The molecule has 3 heterocycles. The van der Waals surface area contributed by atoms with Crippen LogP contribution in [-0.4, -0.2) is 79.7 Å². The number of carbonyl (C=O) groups is 4. The van der Waals surface area contributed by atoms with Gasteiger partial charge in [0.15, 0.2) is 0 Å². The van der Waals surface area contributed by atoms with E-state index in [1.807, 2.05) is 19.1 Å². The molecule has 0 bridgehead atoms. The zero-order valence-corrected chi connectivity index (χ0v) is 29.5. The first-order valence-electron chi connectivity index (χ1n) is 17.1. The summed E-state index contributed by atoms with van der Waals surface area (Å²) in [7, 11) is -4.37. The molecular formula is C37H40N2O10S. The van der Waals surface area contributed by atoms with Crippen molar-refractivity contribution >= 4 is 44.8 Å². The lowest BCUT2D eigenvalue weighted by molar-refractivity contribution is -0.191. The number of nitrogens with zero attached hydrogens (tertiary/aromatic N) is 2. The second-order valence-electron chi connectivity index (χ2n) is 13.0. The fraction of sp³-hybridized carbons (Fsp3) is 0.459. The highest BCUT2D eigenvalue weighted by atomic mass is 32.2. The van der Waals surface area contributed by atoms with Gasteiger partial charge < -0.3 is 18.9 Å². The van der Waals surface area contributed by atoms with Crippen LogP contribution < -0.4 is 0 Å². The van der Waals surface area contributed by atoms with Crippen molar-refractivity contribution < 1.29 is 46.5 Å². The second kappa shape index (κ2) is 12.1. The molecule has 264 valence electrons. The molecule has 2 aliphatic heterocycles. The Morgan fingerprint density at radius 1 is 0.840 bits per heavy atom. The molecule has 0 amide bonds. The van der Waals surface area contributed by atoms with Gasteiger partial charge in [0.05, 0.1) is 59.6 Å². The molecule has 1 saturated carbocycles. The highest BCUT2D eigenvalue weighted by Gasteiger charge is 2.86. The van der Waals surface area contributed by atoms with Crippen molar-refractivity contribution in [1.82, 2.24) is 8.87 Å². The van der Waals surface area contributed by atoms with E-state index in [0.717, 1.165) is 5.56 Å². The first-order valence-corrected chi connectivity index (χ1v) is 18.6. The Kier molecular flexibility index (Phi) is 8.21. The van der Waals surface area contributed by atoms with Gasteiger partial charge in [-0.15, -0.1) is 0 Å². The Labute approximate surface area is 290 Å². The first-order chi connectivity index (χ1) is 24.0. The van der Waals surface area contributed by atoms with Crippen LogP contribution in [0.3, 0.4) is 0 Å². The molecule has 7 rings (SSSR count). The third-order valence-corrected chi connectivity index (χ3v) is 12.6. The summed E-state index contributed by atoms with van der Waals surface area (Å²) in [5.74, 6) is -5.55. The molecular weight excluding hydrogens is 664 g/mol. The van der Waals surface area contributed by atoms with Crippen molar-refractivity contribution in [1.29, 1.82) is 0 Å². The molecule has 0 N–H and O–H groups in total. The van der Waals surface area contributed by atoms with Gasteiger partial charge in [-0.2, -0.15) is 0 Å². The molecule has 1 saturated heterocycles. The molecule has 2 aliphatic carbocycles. The zero-order chi connectivity index (χ0) is 35.7.